The minimum Gasteiger partial charge on any atom is -0.451 e. The predicted octanol–water partition coefficient (Wildman–Crippen LogP) is 3.85. The molecule has 0 aromatic heterocycles. The van der Waals surface area contributed by atoms with Crippen molar-refractivity contribution in [2.75, 3.05) is 13.1 Å². The third-order valence-electron chi connectivity index (χ3n) is 4.80. The minimum absolute atomic E-state index is 0.214. The first-order chi connectivity index (χ1) is 14.1. The Kier molecular flexibility index (Phi) is 7.86. The number of carbonyl (C=O) groups excluding carboxylic acids is 2. The van der Waals surface area contributed by atoms with Crippen LogP contribution in [-0.2, 0) is 21.2 Å². The fourth-order valence-corrected chi connectivity index (χ4v) is 4.44. The number of benzene rings is 2. The number of halogens is 1. The maximum Gasteiger partial charge on any atom is 0.341 e. The second-order valence-electron chi connectivity index (χ2n) is 6.69. The summed E-state index contributed by atoms with van der Waals surface area (Å²) >= 11 is 0. The highest BCUT2D eigenvalue weighted by atomic mass is 32.2. The van der Waals surface area contributed by atoms with E-state index in [4.69, 9.17) is 4.74 Å². The van der Waals surface area contributed by atoms with Crippen LogP contribution in [0.5, 0.6) is 0 Å². The van der Waals surface area contributed by atoms with E-state index in [2.05, 4.69) is 0 Å². The molecule has 1 atom stereocenters. The van der Waals surface area contributed by atoms with Gasteiger partial charge in [-0.2, -0.15) is 4.31 Å². The van der Waals surface area contributed by atoms with Gasteiger partial charge in [-0.25, -0.2) is 17.6 Å². The molecule has 2 rings (SSSR count). The van der Waals surface area contributed by atoms with Crippen molar-refractivity contribution in [1.82, 2.24) is 4.31 Å². The van der Waals surface area contributed by atoms with Crippen LogP contribution in [0.3, 0.4) is 0 Å². The zero-order valence-electron chi connectivity index (χ0n) is 17.5. The van der Waals surface area contributed by atoms with Gasteiger partial charge in [0, 0.05) is 18.7 Å². The van der Waals surface area contributed by atoms with Crippen LogP contribution in [0.15, 0.2) is 47.4 Å². The summed E-state index contributed by atoms with van der Waals surface area (Å²) in [4.78, 5) is 24.8. The molecule has 1 unspecified atom stereocenters. The molecule has 0 saturated heterocycles. The number of Topliss-reactive ketones (excluding diaryl/α,β-unsaturated/α-hetero) is 1. The number of nitrogens with zero attached hydrogens (tertiary/aromatic N) is 1. The number of esters is 1. The first-order valence-corrected chi connectivity index (χ1v) is 11.2. The minimum atomic E-state index is -3.88. The van der Waals surface area contributed by atoms with Gasteiger partial charge < -0.3 is 4.74 Å². The van der Waals surface area contributed by atoms with Crippen LogP contribution in [0.4, 0.5) is 4.39 Å². The second-order valence-corrected chi connectivity index (χ2v) is 8.63. The Hall–Kier alpha value is -2.58. The van der Waals surface area contributed by atoms with Crippen molar-refractivity contribution in [3.63, 3.8) is 0 Å². The Morgan fingerprint density at radius 1 is 1.03 bits per heavy atom. The zero-order valence-corrected chi connectivity index (χ0v) is 18.3. The van der Waals surface area contributed by atoms with Crippen molar-refractivity contribution < 1.29 is 27.1 Å². The summed E-state index contributed by atoms with van der Waals surface area (Å²) < 4.78 is 45.9. The number of aryl methyl sites for hydroxylation is 1. The number of carbonyl (C=O) groups is 2. The van der Waals surface area contributed by atoms with E-state index in [0.29, 0.717) is 5.56 Å². The lowest BCUT2D eigenvalue weighted by Gasteiger charge is -2.19. The lowest BCUT2D eigenvalue weighted by Crippen LogP contribution is -2.31. The van der Waals surface area contributed by atoms with Gasteiger partial charge >= 0.3 is 5.97 Å². The van der Waals surface area contributed by atoms with E-state index in [9.17, 15) is 22.4 Å². The van der Waals surface area contributed by atoms with Crippen molar-refractivity contribution in [3.8, 4) is 0 Å². The van der Waals surface area contributed by atoms with Crippen LogP contribution in [0.25, 0.3) is 0 Å². The summed E-state index contributed by atoms with van der Waals surface area (Å²) in [5.41, 5.74) is 0.888. The normalized spacial score (nSPS) is 12.6. The quantitative estimate of drug-likeness (QED) is 0.442. The Bertz CT molecular complexity index is 1010. The van der Waals surface area contributed by atoms with Gasteiger partial charge in [0.2, 0.25) is 15.8 Å². The molecule has 0 radical (unpaired) electrons. The summed E-state index contributed by atoms with van der Waals surface area (Å²) in [7, 11) is -3.88. The van der Waals surface area contributed by atoms with E-state index in [1.165, 1.54) is 11.2 Å². The summed E-state index contributed by atoms with van der Waals surface area (Å²) in [6.45, 7) is 7.21. The van der Waals surface area contributed by atoms with Gasteiger partial charge in [0.15, 0.2) is 6.10 Å². The third-order valence-corrected chi connectivity index (χ3v) is 6.85. The van der Waals surface area contributed by atoms with Gasteiger partial charge in [0.05, 0.1) is 10.5 Å². The first kappa shape index (κ1) is 23.7. The molecule has 8 heteroatoms. The van der Waals surface area contributed by atoms with Gasteiger partial charge in [-0.15, -0.1) is 0 Å². The number of rotatable bonds is 9. The highest BCUT2D eigenvalue weighted by Crippen LogP contribution is 2.21. The average Bonchev–Trinajstić information content (AvgIpc) is 2.73. The molecule has 2 aromatic carbocycles. The van der Waals surface area contributed by atoms with Gasteiger partial charge in [0.1, 0.15) is 5.82 Å². The molecule has 0 fully saturated rings. The Labute approximate surface area is 176 Å². The van der Waals surface area contributed by atoms with E-state index in [-0.39, 0.29) is 18.0 Å². The largest absolute Gasteiger partial charge is 0.451 e. The molecule has 0 saturated carbocycles. The number of hydrogen-bond acceptors (Lipinski definition) is 5. The summed E-state index contributed by atoms with van der Waals surface area (Å²) in [6.07, 6.45) is -0.335. The monoisotopic (exact) mass is 435 g/mol. The van der Waals surface area contributed by atoms with E-state index in [1.807, 2.05) is 19.1 Å². The molecular formula is C22H26FNO5S. The van der Waals surface area contributed by atoms with Crippen molar-refractivity contribution in [3.05, 3.63) is 65.0 Å². The van der Waals surface area contributed by atoms with Crippen LogP contribution in [0.2, 0.25) is 0 Å². The summed E-state index contributed by atoms with van der Waals surface area (Å²) in [5.74, 6) is -2.46. The molecule has 0 aliphatic rings. The first-order valence-electron chi connectivity index (χ1n) is 9.79. The lowest BCUT2D eigenvalue weighted by atomic mass is 10.0. The Morgan fingerprint density at radius 2 is 1.63 bits per heavy atom. The maximum absolute atomic E-state index is 14.2. The number of ether oxygens (including phenoxy) is 1. The molecule has 162 valence electrons. The molecule has 0 spiro atoms. The fraction of sp³-hybridized carbons (Fsp3) is 0.364. The smallest absolute Gasteiger partial charge is 0.341 e. The van der Waals surface area contributed by atoms with E-state index >= 15 is 0 Å². The molecule has 0 amide bonds. The van der Waals surface area contributed by atoms with Crippen molar-refractivity contribution in [1.29, 1.82) is 0 Å². The van der Waals surface area contributed by atoms with Crippen LogP contribution >= 0.6 is 0 Å². The molecule has 0 bridgehead atoms. The van der Waals surface area contributed by atoms with E-state index in [0.717, 1.165) is 30.2 Å². The molecule has 0 N–H and O–H groups in total. The molecular weight excluding hydrogens is 409 g/mol. The second kappa shape index (κ2) is 9.95. The highest BCUT2D eigenvalue weighted by Gasteiger charge is 2.26. The number of ketones is 1. The molecule has 2 aromatic rings. The summed E-state index contributed by atoms with van der Waals surface area (Å²) in [5, 5.41) is 0. The van der Waals surface area contributed by atoms with Crippen LogP contribution < -0.4 is 0 Å². The standard InChI is InChI=1S/C22H26FNO5S/c1-5-16-8-10-17(11-9-16)21(25)15(4)29-22(26)19-14-18(12-13-20(19)23)30(27,28)24(6-2)7-3/h8-15H,5-7H2,1-4H3. The zero-order chi connectivity index (χ0) is 22.5. The maximum atomic E-state index is 14.2. The lowest BCUT2D eigenvalue weighted by molar-refractivity contribution is 0.0314. The fourth-order valence-electron chi connectivity index (χ4n) is 2.95. The number of sulfonamides is 1. The van der Waals surface area contributed by atoms with Crippen molar-refractivity contribution in [2.45, 2.75) is 45.1 Å². The molecule has 30 heavy (non-hydrogen) atoms. The average molecular weight is 436 g/mol. The van der Waals surface area contributed by atoms with Gasteiger partial charge in [0.25, 0.3) is 0 Å². The van der Waals surface area contributed by atoms with Crippen molar-refractivity contribution in [2.24, 2.45) is 0 Å². The molecule has 0 heterocycles. The molecule has 0 aliphatic heterocycles. The van der Waals surface area contributed by atoms with Crippen LogP contribution in [0, 0.1) is 5.82 Å². The molecule has 6 nitrogen and oxygen atoms in total. The Balaban J connectivity index is 2.24. The summed E-state index contributed by atoms with van der Waals surface area (Å²) in [6, 6.07) is 9.85. The van der Waals surface area contributed by atoms with Crippen LogP contribution in [0.1, 0.15) is 54.0 Å². The molecule has 0 aliphatic carbocycles. The van der Waals surface area contributed by atoms with E-state index < -0.39 is 39.3 Å². The third kappa shape index (κ3) is 5.12. The van der Waals surface area contributed by atoms with Gasteiger partial charge in [-0.05, 0) is 37.1 Å². The Morgan fingerprint density at radius 3 is 2.17 bits per heavy atom. The highest BCUT2D eigenvalue weighted by molar-refractivity contribution is 7.89. The van der Waals surface area contributed by atoms with Gasteiger partial charge in [-0.3, -0.25) is 4.79 Å². The predicted molar refractivity (Wildman–Crippen MR) is 112 cm³/mol. The SMILES string of the molecule is CCc1ccc(C(=O)C(C)OC(=O)c2cc(S(=O)(=O)N(CC)CC)ccc2F)cc1. The van der Waals surface area contributed by atoms with E-state index in [1.54, 1.807) is 26.0 Å². The van der Waals surface area contributed by atoms with Crippen molar-refractivity contribution >= 4 is 21.8 Å². The van der Waals surface area contributed by atoms with Gasteiger partial charge in [-0.1, -0.05) is 45.0 Å². The van der Waals surface area contributed by atoms with Crippen LogP contribution in [-0.4, -0.2) is 43.7 Å². The topological polar surface area (TPSA) is 80.8 Å². The number of hydrogen-bond donors (Lipinski definition) is 0.